The largest absolute Gasteiger partial charge is 0.394 e. The fourth-order valence-electron chi connectivity index (χ4n) is 0.960. The van der Waals surface area contributed by atoms with Crippen molar-refractivity contribution in [1.29, 1.82) is 0 Å². The van der Waals surface area contributed by atoms with Gasteiger partial charge in [0.25, 0.3) is 0 Å². The van der Waals surface area contributed by atoms with Gasteiger partial charge >= 0.3 is 0 Å². The Balaban J connectivity index is 4.80. The minimum absolute atomic E-state index is 0.111. The van der Waals surface area contributed by atoms with Gasteiger partial charge in [-0.05, 0) is 5.53 Å². The SMILES string of the molecule is [N-]=[N+]=NC[C@@](O)(C=O)[C@@H](O)[C@H](O)[C@H](O)CO. The minimum Gasteiger partial charge on any atom is -0.394 e. The molecule has 0 amide bonds. The standard InChI is InChI=1S/C7H13N3O6/c8-10-9-2-7(16,3-12)6(15)5(14)4(13)1-11/h3-6,11,13-16H,1-2H2/t4-,5-,6+,7-/m1/s1. The first-order chi connectivity index (χ1) is 7.42. The van der Waals surface area contributed by atoms with Crippen molar-refractivity contribution >= 4 is 6.29 Å². The van der Waals surface area contributed by atoms with Gasteiger partial charge in [-0.1, -0.05) is 5.11 Å². The lowest BCUT2D eigenvalue weighted by Gasteiger charge is -2.31. The molecule has 9 heteroatoms. The van der Waals surface area contributed by atoms with Gasteiger partial charge in [0.1, 0.15) is 18.3 Å². The minimum atomic E-state index is -2.51. The summed E-state index contributed by atoms with van der Waals surface area (Å²) >= 11 is 0. The molecule has 0 aromatic heterocycles. The molecule has 0 aliphatic carbocycles. The number of carbonyl (C=O) groups is 1. The van der Waals surface area contributed by atoms with Crippen LogP contribution in [0.5, 0.6) is 0 Å². The highest BCUT2D eigenvalue weighted by Crippen LogP contribution is 2.15. The molecule has 0 bridgehead atoms. The summed E-state index contributed by atoms with van der Waals surface area (Å²) in [7, 11) is 0. The number of carbonyl (C=O) groups excluding carboxylic acids is 1. The van der Waals surface area contributed by atoms with Gasteiger partial charge in [-0.2, -0.15) is 0 Å². The zero-order chi connectivity index (χ0) is 12.8. The highest BCUT2D eigenvalue weighted by molar-refractivity contribution is 5.64. The van der Waals surface area contributed by atoms with Crippen molar-refractivity contribution in [2.45, 2.75) is 23.9 Å². The number of aliphatic hydroxyl groups excluding tert-OH is 4. The monoisotopic (exact) mass is 235 g/mol. The van der Waals surface area contributed by atoms with E-state index in [4.69, 9.17) is 15.7 Å². The van der Waals surface area contributed by atoms with Crippen LogP contribution in [-0.2, 0) is 4.79 Å². The fraction of sp³-hybridized carbons (Fsp3) is 0.857. The molecule has 0 radical (unpaired) electrons. The molecule has 16 heavy (non-hydrogen) atoms. The van der Waals surface area contributed by atoms with Gasteiger partial charge in [0, 0.05) is 4.91 Å². The van der Waals surface area contributed by atoms with E-state index in [-0.39, 0.29) is 6.29 Å². The number of aldehydes is 1. The third-order valence-corrected chi connectivity index (χ3v) is 2.01. The average molecular weight is 235 g/mol. The molecule has 0 saturated heterocycles. The lowest BCUT2D eigenvalue weighted by atomic mass is 9.91. The van der Waals surface area contributed by atoms with Crippen molar-refractivity contribution in [2.75, 3.05) is 13.2 Å². The first kappa shape index (κ1) is 14.8. The molecular weight excluding hydrogens is 222 g/mol. The van der Waals surface area contributed by atoms with Gasteiger partial charge in [-0.3, -0.25) is 0 Å². The molecule has 0 aromatic carbocycles. The summed E-state index contributed by atoms with van der Waals surface area (Å²) in [5.74, 6) is 0. The van der Waals surface area contributed by atoms with Gasteiger partial charge in [0.05, 0.1) is 13.2 Å². The average Bonchev–Trinajstić information content (AvgIpc) is 2.32. The summed E-state index contributed by atoms with van der Waals surface area (Å²) in [6.45, 7) is -1.67. The molecule has 0 rings (SSSR count). The Labute approximate surface area is 90.2 Å². The molecule has 0 saturated carbocycles. The molecule has 5 N–H and O–H groups in total. The van der Waals surface area contributed by atoms with Gasteiger partial charge in [0.15, 0.2) is 11.9 Å². The Morgan fingerprint density at radius 2 is 2.00 bits per heavy atom. The predicted octanol–water partition coefficient (Wildman–Crippen LogP) is -2.70. The molecule has 92 valence electrons. The van der Waals surface area contributed by atoms with Crippen LogP contribution < -0.4 is 0 Å². The Kier molecular flexibility index (Phi) is 5.89. The van der Waals surface area contributed by atoms with Crippen LogP contribution in [0.15, 0.2) is 5.11 Å². The summed E-state index contributed by atoms with van der Waals surface area (Å²) in [4.78, 5) is 12.8. The lowest BCUT2D eigenvalue weighted by molar-refractivity contribution is -0.161. The van der Waals surface area contributed by atoms with Crippen molar-refractivity contribution in [2.24, 2.45) is 5.11 Å². The normalized spacial score (nSPS) is 20.1. The summed E-state index contributed by atoms with van der Waals surface area (Å²) in [5.41, 5.74) is 5.49. The van der Waals surface area contributed by atoms with E-state index in [1.807, 2.05) is 0 Å². The summed E-state index contributed by atoms with van der Waals surface area (Å²) < 4.78 is 0. The second-order valence-corrected chi connectivity index (χ2v) is 3.18. The number of aliphatic hydroxyl groups is 5. The molecule has 0 spiro atoms. The first-order valence-electron chi connectivity index (χ1n) is 4.27. The molecule has 0 unspecified atom stereocenters. The van der Waals surface area contributed by atoms with E-state index in [1.165, 1.54) is 0 Å². The summed E-state index contributed by atoms with van der Waals surface area (Å²) in [5, 5.41) is 48.5. The third kappa shape index (κ3) is 3.42. The third-order valence-electron chi connectivity index (χ3n) is 2.01. The molecule has 0 heterocycles. The predicted molar refractivity (Wildman–Crippen MR) is 50.1 cm³/mol. The Hall–Kier alpha value is -1.22. The van der Waals surface area contributed by atoms with Crippen LogP contribution in [0.2, 0.25) is 0 Å². The van der Waals surface area contributed by atoms with E-state index in [9.17, 15) is 20.1 Å². The molecule has 4 atom stereocenters. The van der Waals surface area contributed by atoms with Crippen molar-refractivity contribution in [3.8, 4) is 0 Å². The summed E-state index contributed by atoms with van der Waals surface area (Å²) in [6, 6.07) is 0. The van der Waals surface area contributed by atoms with Crippen LogP contribution in [0, 0.1) is 0 Å². The number of nitrogens with zero attached hydrogens (tertiary/aromatic N) is 3. The van der Waals surface area contributed by atoms with E-state index < -0.39 is 37.1 Å². The van der Waals surface area contributed by atoms with Gasteiger partial charge < -0.3 is 30.3 Å². The molecule has 0 fully saturated rings. The van der Waals surface area contributed by atoms with Crippen molar-refractivity contribution in [3.63, 3.8) is 0 Å². The van der Waals surface area contributed by atoms with Gasteiger partial charge in [0.2, 0.25) is 0 Å². The van der Waals surface area contributed by atoms with Crippen LogP contribution in [0.4, 0.5) is 0 Å². The maximum atomic E-state index is 10.5. The molecule has 0 aliphatic heterocycles. The maximum Gasteiger partial charge on any atom is 0.154 e. The zero-order valence-corrected chi connectivity index (χ0v) is 8.21. The first-order valence-corrected chi connectivity index (χ1v) is 4.27. The molecular formula is C7H13N3O6. The number of rotatable bonds is 7. The summed E-state index contributed by atoms with van der Waals surface area (Å²) in [6.07, 6.45) is -5.88. The highest BCUT2D eigenvalue weighted by Gasteiger charge is 2.41. The van der Waals surface area contributed by atoms with Gasteiger partial charge in [-0.15, -0.1) is 0 Å². The maximum absolute atomic E-state index is 10.5. The number of hydrogen-bond donors (Lipinski definition) is 5. The number of hydrogen-bond acceptors (Lipinski definition) is 7. The van der Waals surface area contributed by atoms with E-state index >= 15 is 0 Å². The second kappa shape index (κ2) is 6.38. The van der Waals surface area contributed by atoms with Crippen LogP contribution in [0.3, 0.4) is 0 Å². The Morgan fingerprint density at radius 1 is 1.44 bits per heavy atom. The van der Waals surface area contributed by atoms with E-state index in [1.54, 1.807) is 0 Å². The smallest absolute Gasteiger partial charge is 0.154 e. The van der Waals surface area contributed by atoms with Crippen LogP contribution >= 0.6 is 0 Å². The highest BCUT2D eigenvalue weighted by atomic mass is 16.4. The quantitative estimate of drug-likeness (QED) is 0.139. The van der Waals surface area contributed by atoms with Crippen molar-refractivity contribution < 1.29 is 30.3 Å². The van der Waals surface area contributed by atoms with E-state index in [2.05, 4.69) is 10.0 Å². The lowest BCUT2D eigenvalue weighted by Crippen LogP contribution is -2.56. The van der Waals surface area contributed by atoms with Crippen LogP contribution in [0.25, 0.3) is 10.4 Å². The van der Waals surface area contributed by atoms with Crippen LogP contribution in [0.1, 0.15) is 0 Å². The van der Waals surface area contributed by atoms with Crippen molar-refractivity contribution in [1.82, 2.24) is 0 Å². The molecule has 0 aliphatic rings. The Bertz CT molecular complexity index is 281. The second-order valence-electron chi connectivity index (χ2n) is 3.18. The Morgan fingerprint density at radius 3 is 2.38 bits per heavy atom. The topological polar surface area (TPSA) is 167 Å². The van der Waals surface area contributed by atoms with E-state index in [0.717, 1.165) is 0 Å². The molecule has 9 nitrogen and oxygen atoms in total. The number of azide groups is 1. The fourth-order valence-corrected chi connectivity index (χ4v) is 0.960. The molecule has 0 aromatic rings. The van der Waals surface area contributed by atoms with Crippen LogP contribution in [-0.4, -0.2) is 68.9 Å². The van der Waals surface area contributed by atoms with E-state index in [0.29, 0.717) is 0 Å². The van der Waals surface area contributed by atoms with Gasteiger partial charge in [-0.25, -0.2) is 0 Å². The van der Waals surface area contributed by atoms with Crippen molar-refractivity contribution in [3.05, 3.63) is 10.4 Å². The zero-order valence-electron chi connectivity index (χ0n) is 8.21.